The van der Waals surface area contributed by atoms with E-state index in [4.69, 9.17) is 4.74 Å². The molecule has 3 rings (SSSR count). The maximum Gasteiger partial charge on any atom is 0.417 e. The monoisotopic (exact) mass is 294 g/mol. The van der Waals surface area contributed by atoms with Crippen LogP contribution >= 0.6 is 12.4 Å². The minimum atomic E-state index is -4.33. The second kappa shape index (κ2) is 5.26. The summed E-state index contributed by atoms with van der Waals surface area (Å²) in [7, 11) is 0. The van der Waals surface area contributed by atoms with Gasteiger partial charge < -0.3 is 10.1 Å². The molecule has 3 heterocycles. The van der Waals surface area contributed by atoms with Gasteiger partial charge in [-0.3, -0.25) is 4.98 Å². The fourth-order valence-electron chi connectivity index (χ4n) is 2.57. The van der Waals surface area contributed by atoms with E-state index in [0.29, 0.717) is 5.69 Å². The molecule has 0 aliphatic carbocycles. The lowest BCUT2D eigenvalue weighted by molar-refractivity contribution is -0.137. The second-order valence-electron chi connectivity index (χ2n) is 4.73. The summed E-state index contributed by atoms with van der Waals surface area (Å²) < 4.78 is 43.0. The molecule has 0 spiro atoms. The third-order valence-corrected chi connectivity index (χ3v) is 3.51. The van der Waals surface area contributed by atoms with Crippen LogP contribution in [-0.4, -0.2) is 23.7 Å². The van der Waals surface area contributed by atoms with E-state index >= 15 is 0 Å². The molecule has 2 aliphatic heterocycles. The lowest BCUT2D eigenvalue weighted by Crippen LogP contribution is -2.42. The molecule has 3 unspecified atom stereocenters. The average Bonchev–Trinajstić information content (AvgIpc) is 2.71. The van der Waals surface area contributed by atoms with Gasteiger partial charge in [-0.15, -0.1) is 12.4 Å². The Hall–Kier alpha value is -0.850. The van der Waals surface area contributed by atoms with Crippen LogP contribution in [0.25, 0.3) is 0 Å². The number of nitrogens with zero attached hydrogens (tertiary/aromatic N) is 1. The first kappa shape index (κ1) is 14.6. The molecule has 1 N–H and O–H groups in total. The Balaban J connectivity index is 0.00000133. The van der Waals surface area contributed by atoms with Crippen LogP contribution < -0.4 is 5.32 Å². The van der Waals surface area contributed by atoms with Crippen LogP contribution in [0.1, 0.15) is 30.1 Å². The molecule has 0 saturated carbocycles. The number of hydrogen-bond acceptors (Lipinski definition) is 3. The number of aromatic nitrogens is 1. The molecule has 0 radical (unpaired) electrons. The van der Waals surface area contributed by atoms with Crippen LogP contribution in [0.5, 0.6) is 0 Å². The maximum absolute atomic E-state index is 12.4. The normalized spacial score (nSPS) is 29.9. The molecule has 7 heteroatoms. The third-order valence-electron chi connectivity index (χ3n) is 3.51. The highest BCUT2D eigenvalue weighted by Crippen LogP contribution is 2.34. The smallest absolute Gasteiger partial charge is 0.372 e. The first-order chi connectivity index (χ1) is 8.54. The van der Waals surface area contributed by atoms with Crippen LogP contribution in [-0.2, 0) is 10.9 Å². The summed E-state index contributed by atoms with van der Waals surface area (Å²) in [5.74, 6) is 0. The fraction of sp³-hybridized carbons (Fsp3) is 0.583. The summed E-state index contributed by atoms with van der Waals surface area (Å²) in [5, 5.41) is 3.29. The molecule has 2 aliphatic rings. The van der Waals surface area contributed by atoms with Crippen LogP contribution in [0.3, 0.4) is 0 Å². The number of morpholine rings is 1. The highest BCUT2D eigenvalue weighted by molar-refractivity contribution is 5.85. The van der Waals surface area contributed by atoms with Crippen molar-refractivity contribution >= 4 is 12.4 Å². The Labute approximate surface area is 115 Å². The van der Waals surface area contributed by atoms with E-state index in [1.807, 2.05) is 0 Å². The number of ether oxygens (including phenoxy) is 1. The van der Waals surface area contributed by atoms with E-state index in [1.165, 1.54) is 6.07 Å². The van der Waals surface area contributed by atoms with Crippen molar-refractivity contribution in [3.8, 4) is 0 Å². The fourth-order valence-corrected chi connectivity index (χ4v) is 2.57. The van der Waals surface area contributed by atoms with Gasteiger partial charge in [-0.2, -0.15) is 13.2 Å². The van der Waals surface area contributed by atoms with Gasteiger partial charge in [0.25, 0.3) is 0 Å². The van der Waals surface area contributed by atoms with Gasteiger partial charge in [0.05, 0.1) is 29.5 Å². The second-order valence-corrected chi connectivity index (χ2v) is 4.73. The Kier molecular flexibility index (Phi) is 4.03. The van der Waals surface area contributed by atoms with Crippen LogP contribution in [0.2, 0.25) is 0 Å². The molecule has 0 aromatic carbocycles. The largest absolute Gasteiger partial charge is 0.417 e. The summed E-state index contributed by atoms with van der Waals surface area (Å²) in [4.78, 5) is 3.92. The van der Waals surface area contributed by atoms with Crippen LogP contribution in [0, 0.1) is 0 Å². The summed E-state index contributed by atoms with van der Waals surface area (Å²) in [5.41, 5.74) is -0.0966. The van der Waals surface area contributed by atoms with Crippen LogP contribution in [0.4, 0.5) is 13.2 Å². The Morgan fingerprint density at radius 2 is 2.05 bits per heavy atom. The lowest BCUT2D eigenvalue weighted by Gasteiger charge is -2.30. The summed E-state index contributed by atoms with van der Waals surface area (Å²) >= 11 is 0. The van der Waals surface area contributed by atoms with Crippen molar-refractivity contribution < 1.29 is 17.9 Å². The molecule has 2 fully saturated rings. The minimum absolute atomic E-state index is 0. The van der Waals surface area contributed by atoms with Gasteiger partial charge >= 0.3 is 6.18 Å². The minimum Gasteiger partial charge on any atom is -0.372 e. The zero-order chi connectivity index (χ0) is 12.8. The third kappa shape index (κ3) is 2.85. The zero-order valence-corrected chi connectivity index (χ0v) is 10.8. The number of halogens is 4. The number of nitrogens with one attached hydrogen (secondary N) is 1. The van der Waals surface area contributed by atoms with Gasteiger partial charge in [-0.1, -0.05) is 0 Å². The molecule has 3 atom stereocenters. The zero-order valence-electron chi connectivity index (χ0n) is 9.98. The highest BCUT2D eigenvalue weighted by Gasteiger charge is 2.38. The van der Waals surface area contributed by atoms with Crippen molar-refractivity contribution in [2.45, 2.75) is 37.3 Å². The number of alkyl halides is 3. The van der Waals surface area contributed by atoms with E-state index < -0.39 is 11.7 Å². The number of fused-ring (bicyclic) bond motifs is 2. The van der Waals surface area contributed by atoms with E-state index in [0.717, 1.165) is 31.6 Å². The van der Waals surface area contributed by atoms with Crippen molar-refractivity contribution in [2.75, 3.05) is 6.54 Å². The molecular weight excluding hydrogens is 281 g/mol. The quantitative estimate of drug-likeness (QED) is 0.865. The van der Waals surface area contributed by atoms with Crippen LogP contribution in [0.15, 0.2) is 18.3 Å². The molecule has 3 nitrogen and oxygen atoms in total. The van der Waals surface area contributed by atoms with Gasteiger partial charge in [0, 0.05) is 12.7 Å². The van der Waals surface area contributed by atoms with Crippen molar-refractivity contribution in [2.24, 2.45) is 0 Å². The number of rotatable bonds is 1. The Morgan fingerprint density at radius 1 is 1.26 bits per heavy atom. The van der Waals surface area contributed by atoms with E-state index in [1.54, 1.807) is 0 Å². The number of pyridine rings is 1. The maximum atomic E-state index is 12.4. The van der Waals surface area contributed by atoms with E-state index in [2.05, 4.69) is 10.3 Å². The molecule has 19 heavy (non-hydrogen) atoms. The van der Waals surface area contributed by atoms with E-state index in [-0.39, 0.29) is 30.7 Å². The molecule has 1 aromatic rings. The van der Waals surface area contributed by atoms with Crippen molar-refractivity contribution in [3.05, 3.63) is 29.6 Å². The highest BCUT2D eigenvalue weighted by atomic mass is 35.5. The topological polar surface area (TPSA) is 34.1 Å². The standard InChI is InChI=1S/C12H13F3N2O.ClH/c13-12(14,15)7-1-3-9(16-5-7)11-10-4-2-8(18-10)6-17-11;/h1,3,5,8,10-11,17H,2,4,6H2;1H. The van der Waals surface area contributed by atoms with Gasteiger partial charge in [0.15, 0.2) is 0 Å². The predicted molar refractivity (Wildman–Crippen MR) is 65.1 cm³/mol. The Morgan fingerprint density at radius 3 is 2.68 bits per heavy atom. The van der Waals surface area contributed by atoms with Crippen molar-refractivity contribution in [3.63, 3.8) is 0 Å². The SMILES string of the molecule is Cl.FC(F)(F)c1ccc(C2NCC3CCC2O3)nc1. The van der Waals surface area contributed by atoms with Crippen molar-refractivity contribution in [1.29, 1.82) is 0 Å². The van der Waals surface area contributed by atoms with E-state index in [9.17, 15) is 13.2 Å². The van der Waals surface area contributed by atoms with Crippen molar-refractivity contribution in [1.82, 2.24) is 10.3 Å². The summed E-state index contributed by atoms with van der Waals surface area (Å²) in [6.45, 7) is 0.740. The van der Waals surface area contributed by atoms with Gasteiger partial charge in [-0.05, 0) is 25.0 Å². The van der Waals surface area contributed by atoms with Gasteiger partial charge in [0.2, 0.25) is 0 Å². The first-order valence-electron chi connectivity index (χ1n) is 5.96. The predicted octanol–water partition coefficient (Wildman–Crippen LogP) is 2.71. The summed E-state index contributed by atoms with van der Waals surface area (Å²) in [6, 6.07) is 2.42. The molecule has 106 valence electrons. The molecule has 0 amide bonds. The molecule has 2 saturated heterocycles. The number of hydrogen-bond donors (Lipinski definition) is 1. The van der Waals surface area contributed by atoms with Gasteiger partial charge in [0.1, 0.15) is 0 Å². The molecule has 1 aromatic heterocycles. The summed E-state index contributed by atoms with van der Waals surface area (Å²) in [6.07, 6.45) is -1.22. The average molecular weight is 295 g/mol. The van der Waals surface area contributed by atoms with Gasteiger partial charge in [-0.25, -0.2) is 0 Å². The lowest BCUT2D eigenvalue weighted by atomic mass is 10.0. The Bertz CT molecular complexity index is 438. The molecular formula is C12H14ClF3N2O. The molecule has 2 bridgehead atoms. The first-order valence-corrected chi connectivity index (χ1v) is 5.96.